The Balaban J connectivity index is 1.65. The summed E-state index contributed by atoms with van der Waals surface area (Å²) in [6.07, 6.45) is 0. The average Bonchev–Trinajstić information content (AvgIpc) is 2.66. The highest BCUT2D eigenvalue weighted by molar-refractivity contribution is 7.80. The number of hydrogen-bond donors (Lipinski definition) is 1. The van der Waals surface area contributed by atoms with E-state index >= 15 is 0 Å². The maximum absolute atomic E-state index is 5.67. The number of rotatable bonds is 5. The Labute approximate surface area is 161 Å². The van der Waals surface area contributed by atoms with E-state index in [0.717, 1.165) is 41.0 Å². The van der Waals surface area contributed by atoms with Gasteiger partial charge in [0, 0.05) is 18.8 Å². The minimum absolute atomic E-state index is 0.526. The summed E-state index contributed by atoms with van der Waals surface area (Å²) < 4.78 is 11.3. The molecule has 0 unspecified atom stereocenters. The van der Waals surface area contributed by atoms with Gasteiger partial charge in [-0.3, -0.25) is 0 Å². The molecule has 0 atom stereocenters. The third kappa shape index (κ3) is 4.47. The first-order valence-corrected chi connectivity index (χ1v) is 9.52. The summed E-state index contributed by atoms with van der Waals surface area (Å²) in [7, 11) is 0. The molecule has 26 heavy (non-hydrogen) atoms. The Bertz CT molecular complexity index is 759. The van der Waals surface area contributed by atoms with E-state index in [2.05, 4.69) is 61.3 Å². The van der Waals surface area contributed by atoms with Crippen LogP contribution >= 0.6 is 12.2 Å². The number of thiocarbonyl (C=S) groups is 1. The highest BCUT2D eigenvalue weighted by Gasteiger charge is 2.14. The van der Waals surface area contributed by atoms with Crippen molar-refractivity contribution in [2.75, 3.05) is 25.1 Å². The van der Waals surface area contributed by atoms with Gasteiger partial charge >= 0.3 is 0 Å². The van der Waals surface area contributed by atoms with Gasteiger partial charge in [0.1, 0.15) is 13.2 Å². The van der Waals surface area contributed by atoms with E-state index in [1.165, 1.54) is 5.56 Å². The zero-order valence-corrected chi connectivity index (χ0v) is 16.4. The van der Waals surface area contributed by atoms with Crippen LogP contribution < -0.4 is 14.8 Å². The van der Waals surface area contributed by atoms with E-state index in [4.69, 9.17) is 21.7 Å². The molecule has 0 aromatic heterocycles. The van der Waals surface area contributed by atoms with Crippen LogP contribution in [-0.4, -0.2) is 29.8 Å². The predicted octanol–water partition coefficient (Wildman–Crippen LogP) is 4.80. The van der Waals surface area contributed by atoms with Crippen molar-refractivity contribution in [3.8, 4) is 11.5 Å². The van der Waals surface area contributed by atoms with Gasteiger partial charge in [0.15, 0.2) is 16.6 Å². The lowest BCUT2D eigenvalue weighted by molar-refractivity contribution is 0.171. The molecule has 0 spiro atoms. The fourth-order valence-electron chi connectivity index (χ4n) is 2.89. The smallest absolute Gasteiger partial charge is 0.173 e. The number of nitrogens with one attached hydrogen (secondary N) is 1. The lowest BCUT2D eigenvalue weighted by Crippen LogP contribution is -2.34. The second-order valence-corrected chi connectivity index (χ2v) is 7.09. The van der Waals surface area contributed by atoms with Crippen LogP contribution in [0.25, 0.3) is 0 Å². The van der Waals surface area contributed by atoms with Crippen LogP contribution in [-0.2, 0) is 6.54 Å². The van der Waals surface area contributed by atoms with Gasteiger partial charge in [-0.05, 0) is 60.5 Å². The molecule has 138 valence electrons. The Morgan fingerprint density at radius 1 is 1.08 bits per heavy atom. The second-order valence-electron chi connectivity index (χ2n) is 6.70. The maximum Gasteiger partial charge on any atom is 0.173 e. The molecule has 0 saturated carbocycles. The molecule has 1 aliphatic heterocycles. The van der Waals surface area contributed by atoms with Crippen LogP contribution in [0.4, 0.5) is 5.69 Å². The van der Waals surface area contributed by atoms with Crippen LogP contribution in [0.3, 0.4) is 0 Å². The molecule has 5 heteroatoms. The van der Waals surface area contributed by atoms with Gasteiger partial charge in [0.05, 0.1) is 0 Å². The van der Waals surface area contributed by atoms with Crippen LogP contribution in [0.5, 0.6) is 11.5 Å². The summed E-state index contributed by atoms with van der Waals surface area (Å²) >= 11 is 5.62. The van der Waals surface area contributed by atoms with E-state index in [1.54, 1.807) is 0 Å². The van der Waals surface area contributed by atoms with Gasteiger partial charge in [-0.15, -0.1) is 0 Å². The quantitative estimate of drug-likeness (QED) is 0.765. The lowest BCUT2D eigenvalue weighted by atomic mass is 10.0. The number of anilines is 1. The van der Waals surface area contributed by atoms with Crippen LogP contribution in [0.15, 0.2) is 42.5 Å². The molecule has 1 aliphatic rings. The molecule has 0 bridgehead atoms. The van der Waals surface area contributed by atoms with Crippen molar-refractivity contribution in [3.63, 3.8) is 0 Å². The van der Waals surface area contributed by atoms with Crippen molar-refractivity contribution < 1.29 is 9.47 Å². The Hall–Kier alpha value is -2.27. The largest absolute Gasteiger partial charge is 0.486 e. The molecule has 1 heterocycles. The lowest BCUT2D eigenvalue weighted by Gasteiger charge is -2.25. The van der Waals surface area contributed by atoms with Crippen molar-refractivity contribution in [3.05, 3.63) is 53.6 Å². The van der Waals surface area contributed by atoms with Crippen LogP contribution in [0, 0.1) is 0 Å². The van der Waals surface area contributed by atoms with Crippen LogP contribution in [0.2, 0.25) is 0 Å². The summed E-state index contributed by atoms with van der Waals surface area (Å²) in [5, 5.41) is 4.07. The predicted molar refractivity (Wildman–Crippen MR) is 110 cm³/mol. The highest BCUT2D eigenvalue weighted by Crippen LogP contribution is 2.31. The first kappa shape index (κ1) is 18.5. The number of nitrogens with zero attached hydrogens (tertiary/aromatic N) is 1. The van der Waals surface area contributed by atoms with Crippen molar-refractivity contribution in [1.29, 1.82) is 0 Å². The number of ether oxygens (including phenoxy) is 2. The molecule has 0 amide bonds. The standard InChI is InChI=1S/C21H26N2O2S/c1-4-23(14-16-5-10-19-20(13-16)25-12-11-24-19)21(26)22-18-8-6-17(7-9-18)15(2)3/h5-10,13,15H,4,11-12,14H2,1-3H3,(H,22,26). The second kappa shape index (κ2) is 8.41. The number of fused-ring (bicyclic) bond motifs is 1. The molecular formula is C21H26N2O2S. The number of hydrogen-bond acceptors (Lipinski definition) is 3. The highest BCUT2D eigenvalue weighted by atomic mass is 32.1. The van der Waals surface area contributed by atoms with Crippen molar-refractivity contribution in [2.24, 2.45) is 0 Å². The van der Waals surface area contributed by atoms with Gasteiger partial charge < -0.3 is 19.7 Å². The van der Waals surface area contributed by atoms with E-state index < -0.39 is 0 Å². The normalized spacial score (nSPS) is 12.8. The Kier molecular flexibility index (Phi) is 5.99. The first-order chi connectivity index (χ1) is 12.6. The van der Waals surface area contributed by atoms with Crippen molar-refractivity contribution in [1.82, 2.24) is 4.90 Å². The molecule has 1 N–H and O–H groups in total. The molecule has 0 saturated heterocycles. The summed E-state index contributed by atoms with van der Waals surface area (Å²) in [4.78, 5) is 2.14. The SMILES string of the molecule is CCN(Cc1ccc2c(c1)OCCO2)C(=S)Nc1ccc(C(C)C)cc1. The Morgan fingerprint density at radius 2 is 1.77 bits per heavy atom. The van der Waals surface area contributed by atoms with Gasteiger partial charge in [0.2, 0.25) is 0 Å². The maximum atomic E-state index is 5.67. The van der Waals surface area contributed by atoms with Gasteiger partial charge in [-0.1, -0.05) is 32.0 Å². The van der Waals surface area contributed by atoms with E-state index in [0.29, 0.717) is 19.1 Å². The van der Waals surface area contributed by atoms with Gasteiger partial charge in [-0.25, -0.2) is 0 Å². The topological polar surface area (TPSA) is 33.7 Å². The van der Waals surface area contributed by atoms with Crippen molar-refractivity contribution >= 4 is 23.0 Å². The number of benzene rings is 2. The Morgan fingerprint density at radius 3 is 2.42 bits per heavy atom. The summed E-state index contributed by atoms with van der Waals surface area (Å²) in [5.74, 6) is 2.15. The molecule has 3 rings (SSSR count). The molecule has 4 nitrogen and oxygen atoms in total. The zero-order chi connectivity index (χ0) is 18.5. The average molecular weight is 371 g/mol. The fourth-order valence-corrected chi connectivity index (χ4v) is 3.20. The molecular weight excluding hydrogens is 344 g/mol. The minimum Gasteiger partial charge on any atom is -0.486 e. The third-order valence-corrected chi connectivity index (χ3v) is 4.84. The molecule has 0 radical (unpaired) electrons. The minimum atomic E-state index is 0.526. The molecule has 2 aromatic carbocycles. The first-order valence-electron chi connectivity index (χ1n) is 9.11. The van der Waals surface area contributed by atoms with E-state index in [1.807, 2.05) is 12.1 Å². The van der Waals surface area contributed by atoms with Gasteiger partial charge in [-0.2, -0.15) is 0 Å². The van der Waals surface area contributed by atoms with E-state index in [9.17, 15) is 0 Å². The summed E-state index contributed by atoms with van der Waals surface area (Å²) in [6.45, 7) is 9.25. The summed E-state index contributed by atoms with van der Waals surface area (Å²) in [5.41, 5.74) is 3.49. The molecule has 0 aliphatic carbocycles. The van der Waals surface area contributed by atoms with E-state index in [-0.39, 0.29) is 0 Å². The monoisotopic (exact) mass is 370 g/mol. The fraction of sp³-hybridized carbons (Fsp3) is 0.381. The summed E-state index contributed by atoms with van der Waals surface area (Å²) in [6, 6.07) is 14.5. The molecule has 2 aromatic rings. The zero-order valence-electron chi connectivity index (χ0n) is 15.6. The van der Waals surface area contributed by atoms with Crippen LogP contribution in [0.1, 0.15) is 37.8 Å². The third-order valence-electron chi connectivity index (χ3n) is 4.48. The van der Waals surface area contributed by atoms with Crippen molar-refractivity contribution in [2.45, 2.75) is 33.2 Å². The molecule has 0 fully saturated rings. The van der Waals surface area contributed by atoms with Gasteiger partial charge in [0.25, 0.3) is 0 Å².